The molecule has 120 valence electrons. The summed E-state index contributed by atoms with van der Waals surface area (Å²) in [6.45, 7) is 0.570. The van der Waals surface area contributed by atoms with Crippen molar-refractivity contribution in [2.24, 2.45) is 0 Å². The number of hydrogen-bond donors (Lipinski definition) is 1. The summed E-state index contributed by atoms with van der Waals surface area (Å²) in [5, 5.41) is 11.3. The van der Waals surface area contributed by atoms with E-state index >= 15 is 0 Å². The van der Waals surface area contributed by atoms with E-state index in [9.17, 15) is 5.11 Å². The predicted octanol–water partition coefficient (Wildman–Crippen LogP) is 3.44. The zero-order valence-electron chi connectivity index (χ0n) is 12.3. The van der Waals surface area contributed by atoms with Crippen molar-refractivity contribution in [1.29, 1.82) is 0 Å². The summed E-state index contributed by atoms with van der Waals surface area (Å²) in [7, 11) is 0. The van der Waals surface area contributed by atoms with Gasteiger partial charge in [0.2, 0.25) is 0 Å². The third-order valence-corrected chi connectivity index (χ3v) is 3.43. The first-order valence-electron chi connectivity index (χ1n) is 7.18. The molecule has 0 aliphatic carbocycles. The van der Waals surface area contributed by atoms with Crippen LogP contribution in [0.15, 0.2) is 53.1 Å². The van der Waals surface area contributed by atoms with Crippen LogP contribution in [0.4, 0.5) is 0 Å². The minimum Gasteiger partial charge on any atom is -0.489 e. The van der Waals surface area contributed by atoms with Gasteiger partial charge in [-0.1, -0.05) is 23.7 Å². The lowest BCUT2D eigenvalue weighted by molar-refractivity contribution is 0.00110. The molecule has 1 atom stereocenters. The maximum absolute atomic E-state index is 9.94. The van der Waals surface area contributed by atoms with Crippen molar-refractivity contribution in [2.45, 2.75) is 12.7 Å². The summed E-state index contributed by atoms with van der Waals surface area (Å²) in [6.07, 6.45) is 0.830. The Morgan fingerprint density at radius 2 is 2.04 bits per heavy atom. The highest BCUT2D eigenvalue weighted by atomic mass is 35.5. The van der Waals surface area contributed by atoms with E-state index < -0.39 is 6.10 Å². The van der Waals surface area contributed by atoms with Crippen molar-refractivity contribution in [3.05, 3.63) is 59.6 Å². The molecule has 0 bridgehead atoms. The van der Waals surface area contributed by atoms with Crippen LogP contribution in [0.2, 0.25) is 5.15 Å². The summed E-state index contributed by atoms with van der Waals surface area (Å²) in [5.41, 5.74) is 0.670. The Morgan fingerprint density at radius 3 is 2.87 bits per heavy atom. The summed E-state index contributed by atoms with van der Waals surface area (Å²) >= 11 is 5.93. The van der Waals surface area contributed by atoms with Crippen molar-refractivity contribution < 1.29 is 19.0 Å². The molecule has 2 aromatic heterocycles. The second-order valence-electron chi connectivity index (χ2n) is 5.02. The quantitative estimate of drug-likeness (QED) is 0.671. The lowest BCUT2D eigenvalue weighted by Crippen LogP contribution is -2.23. The fraction of sp³-hybridized carbons (Fsp3) is 0.235. The summed E-state index contributed by atoms with van der Waals surface area (Å²) in [5.74, 6) is 1.29. The Labute approximate surface area is 138 Å². The van der Waals surface area contributed by atoms with E-state index in [1.165, 1.54) is 0 Å². The molecule has 1 aromatic carbocycles. The fourth-order valence-corrected chi connectivity index (χ4v) is 2.28. The van der Waals surface area contributed by atoms with Gasteiger partial charge in [0.1, 0.15) is 41.5 Å². The second-order valence-corrected chi connectivity index (χ2v) is 5.41. The molecule has 5 nitrogen and oxygen atoms in total. The van der Waals surface area contributed by atoms with Crippen molar-refractivity contribution in [2.75, 3.05) is 13.2 Å². The molecule has 0 fully saturated rings. The highest BCUT2D eigenvalue weighted by Crippen LogP contribution is 2.25. The molecular formula is C17H16ClNO4. The maximum atomic E-state index is 9.94. The van der Waals surface area contributed by atoms with Crippen LogP contribution in [0, 0.1) is 0 Å². The third-order valence-electron chi connectivity index (χ3n) is 3.22. The molecule has 0 spiro atoms. The van der Waals surface area contributed by atoms with Crippen LogP contribution in [0.25, 0.3) is 10.9 Å². The number of pyridine rings is 1. The summed E-state index contributed by atoms with van der Waals surface area (Å²) in [6, 6.07) is 12.8. The standard InChI is InChI=1S/C17H16ClNO4/c18-16-7-6-12-3-1-5-15(17(12)19-16)23-10-13(20)9-21-11-14-4-2-8-22-14/h1-8,13,20H,9-11H2. The van der Waals surface area contributed by atoms with Crippen molar-refractivity contribution in [3.63, 3.8) is 0 Å². The van der Waals surface area contributed by atoms with E-state index in [0.717, 1.165) is 5.39 Å². The van der Waals surface area contributed by atoms with E-state index in [4.69, 9.17) is 25.5 Å². The van der Waals surface area contributed by atoms with Gasteiger partial charge >= 0.3 is 0 Å². The average Bonchev–Trinajstić information content (AvgIpc) is 3.06. The molecule has 0 saturated heterocycles. The number of ether oxygens (including phenoxy) is 2. The largest absolute Gasteiger partial charge is 0.489 e. The normalized spacial score (nSPS) is 12.4. The Hall–Kier alpha value is -2.08. The number of aromatic nitrogens is 1. The molecule has 0 aliphatic heterocycles. The Balaban J connectivity index is 1.54. The molecule has 6 heteroatoms. The Morgan fingerprint density at radius 1 is 1.13 bits per heavy atom. The minimum atomic E-state index is -0.751. The first kappa shape index (κ1) is 15.8. The zero-order valence-corrected chi connectivity index (χ0v) is 13.1. The van der Waals surface area contributed by atoms with Gasteiger partial charge in [0, 0.05) is 5.39 Å². The van der Waals surface area contributed by atoms with Crippen molar-refractivity contribution in [1.82, 2.24) is 4.98 Å². The van der Waals surface area contributed by atoms with Crippen LogP contribution in [0.5, 0.6) is 5.75 Å². The molecule has 3 aromatic rings. The number of aliphatic hydroxyl groups excluding tert-OH is 1. The monoisotopic (exact) mass is 333 g/mol. The number of halogens is 1. The highest BCUT2D eigenvalue weighted by molar-refractivity contribution is 6.29. The SMILES string of the molecule is OC(COCc1ccco1)COc1cccc2ccc(Cl)nc12. The van der Waals surface area contributed by atoms with E-state index in [-0.39, 0.29) is 13.2 Å². The van der Waals surface area contributed by atoms with Gasteiger partial charge in [-0.05, 0) is 30.3 Å². The number of para-hydroxylation sites is 1. The lowest BCUT2D eigenvalue weighted by atomic mass is 10.2. The number of aliphatic hydroxyl groups is 1. The van der Waals surface area contributed by atoms with Crippen LogP contribution in [-0.4, -0.2) is 29.4 Å². The number of benzene rings is 1. The summed E-state index contributed by atoms with van der Waals surface area (Å²) < 4.78 is 16.2. The van der Waals surface area contributed by atoms with Crippen LogP contribution in [0.3, 0.4) is 0 Å². The topological polar surface area (TPSA) is 64.7 Å². The first-order chi connectivity index (χ1) is 11.2. The van der Waals surface area contributed by atoms with Crippen LogP contribution >= 0.6 is 11.6 Å². The Kier molecular flexibility index (Phi) is 5.12. The lowest BCUT2D eigenvalue weighted by Gasteiger charge is -2.13. The van der Waals surface area contributed by atoms with E-state index in [1.54, 1.807) is 24.5 Å². The molecule has 2 heterocycles. The number of furan rings is 1. The van der Waals surface area contributed by atoms with Crippen molar-refractivity contribution in [3.8, 4) is 5.75 Å². The highest BCUT2D eigenvalue weighted by Gasteiger charge is 2.09. The number of fused-ring (bicyclic) bond motifs is 1. The van der Waals surface area contributed by atoms with Gasteiger partial charge < -0.3 is 19.0 Å². The van der Waals surface area contributed by atoms with Gasteiger partial charge in [-0.3, -0.25) is 0 Å². The van der Waals surface area contributed by atoms with Gasteiger partial charge in [-0.2, -0.15) is 0 Å². The Bertz CT molecular complexity index is 760. The van der Waals surface area contributed by atoms with E-state index in [2.05, 4.69) is 4.98 Å². The van der Waals surface area contributed by atoms with Crippen LogP contribution in [0.1, 0.15) is 5.76 Å². The number of rotatable bonds is 7. The van der Waals surface area contributed by atoms with Gasteiger partial charge in [-0.15, -0.1) is 0 Å². The third kappa shape index (κ3) is 4.22. The van der Waals surface area contributed by atoms with E-state index in [0.29, 0.717) is 28.8 Å². The first-order valence-corrected chi connectivity index (χ1v) is 7.56. The molecule has 0 radical (unpaired) electrons. The van der Waals surface area contributed by atoms with Crippen LogP contribution in [-0.2, 0) is 11.3 Å². The number of nitrogens with zero attached hydrogens (tertiary/aromatic N) is 1. The number of hydrogen-bond acceptors (Lipinski definition) is 5. The second kappa shape index (κ2) is 7.46. The molecule has 0 amide bonds. The molecule has 3 rings (SSSR count). The van der Waals surface area contributed by atoms with Crippen LogP contribution < -0.4 is 4.74 Å². The predicted molar refractivity (Wildman–Crippen MR) is 86.6 cm³/mol. The summed E-state index contributed by atoms with van der Waals surface area (Å²) in [4.78, 5) is 4.26. The molecule has 1 unspecified atom stereocenters. The molecule has 0 aliphatic rings. The molecule has 0 saturated carbocycles. The van der Waals surface area contributed by atoms with Gasteiger partial charge in [0.05, 0.1) is 12.9 Å². The zero-order chi connectivity index (χ0) is 16.1. The minimum absolute atomic E-state index is 0.103. The van der Waals surface area contributed by atoms with E-state index in [1.807, 2.05) is 24.3 Å². The molecule has 1 N–H and O–H groups in total. The van der Waals surface area contributed by atoms with Gasteiger partial charge in [-0.25, -0.2) is 4.98 Å². The maximum Gasteiger partial charge on any atom is 0.145 e. The molecule has 23 heavy (non-hydrogen) atoms. The van der Waals surface area contributed by atoms with Gasteiger partial charge in [0.25, 0.3) is 0 Å². The van der Waals surface area contributed by atoms with Crippen molar-refractivity contribution >= 4 is 22.5 Å². The smallest absolute Gasteiger partial charge is 0.145 e. The van der Waals surface area contributed by atoms with Gasteiger partial charge in [0.15, 0.2) is 0 Å². The fourth-order valence-electron chi connectivity index (χ4n) is 2.14. The average molecular weight is 334 g/mol. The molecular weight excluding hydrogens is 318 g/mol.